The Balaban J connectivity index is 2.00. The van der Waals surface area contributed by atoms with Crippen LogP contribution in [0, 0.1) is 4.91 Å². The molecule has 0 aliphatic heterocycles. The Hall–Kier alpha value is -1.34. The SMILES string of the molecule is O=NN(CCCl)C(=O)NCCn1[se]c2cc(Cl)ccc2c1=O. The summed E-state index contributed by atoms with van der Waals surface area (Å²) in [5.41, 5.74) is -0.0768. The van der Waals surface area contributed by atoms with Crippen molar-refractivity contribution in [2.75, 3.05) is 19.0 Å². The molecule has 0 aliphatic rings. The van der Waals surface area contributed by atoms with E-state index in [1.807, 2.05) is 0 Å². The van der Waals surface area contributed by atoms with Crippen LogP contribution < -0.4 is 10.9 Å². The molecule has 118 valence electrons. The molecule has 0 saturated heterocycles. The minimum absolute atomic E-state index is 0.0351. The molecule has 2 aromatic rings. The fourth-order valence-corrected chi connectivity index (χ4v) is 4.45. The first-order valence-corrected chi connectivity index (χ1v) is 8.84. The quantitative estimate of drug-likeness (QED) is 0.340. The summed E-state index contributed by atoms with van der Waals surface area (Å²) in [5, 5.41) is 7.06. The second-order valence-electron chi connectivity index (χ2n) is 4.26. The number of nitrogens with one attached hydrogen (secondary N) is 1. The summed E-state index contributed by atoms with van der Waals surface area (Å²) in [6, 6.07) is 4.54. The van der Waals surface area contributed by atoms with E-state index < -0.39 is 6.03 Å². The molecule has 0 unspecified atom stereocenters. The van der Waals surface area contributed by atoms with Crippen molar-refractivity contribution in [1.29, 1.82) is 0 Å². The van der Waals surface area contributed by atoms with E-state index in [-0.39, 0.29) is 39.3 Å². The molecule has 0 aliphatic carbocycles. The molecule has 0 atom stereocenters. The maximum absolute atomic E-state index is 12.2. The predicted molar refractivity (Wildman–Crippen MR) is 86.8 cm³/mol. The van der Waals surface area contributed by atoms with Crippen LogP contribution in [0.3, 0.4) is 0 Å². The van der Waals surface area contributed by atoms with E-state index in [1.54, 1.807) is 21.8 Å². The van der Waals surface area contributed by atoms with Gasteiger partial charge in [-0.05, 0) is 0 Å². The first kappa shape index (κ1) is 17.0. The number of carbonyl (C=O) groups excluding carboxylic acids is 1. The summed E-state index contributed by atoms with van der Waals surface area (Å²) in [6.45, 7) is 0.611. The third-order valence-corrected chi connectivity index (χ3v) is 5.55. The van der Waals surface area contributed by atoms with Crippen LogP contribution >= 0.6 is 23.2 Å². The molecule has 1 N–H and O–H groups in total. The van der Waals surface area contributed by atoms with Crippen LogP contribution in [0.4, 0.5) is 4.79 Å². The number of carbonyl (C=O) groups is 1. The van der Waals surface area contributed by atoms with Crippen molar-refractivity contribution in [3.05, 3.63) is 38.5 Å². The van der Waals surface area contributed by atoms with E-state index >= 15 is 0 Å². The average molecular weight is 410 g/mol. The molecule has 7 nitrogen and oxygen atoms in total. The van der Waals surface area contributed by atoms with E-state index in [4.69, 9.17) is 23.2 Å². The van der Waals surface area contributed by atoms with Gasteiger partial charge in [-0.2, -0.15) is 0 Å². The van der Waals surface area contributed by atoms with Crippen molar-refractivity contribution in [2.24, 2.45) is 5.29 Å². The number of nitroso groups, excluding NO2 is 1. The van der Waals surface area contributed by atoms with Gasteiger partial charge in [-0.15, -0.1) is 0 Å². The van der Waals surface area contributed by atoms with Crippen molar-refractivity contribution in [1.82, 2.24) is 13.9 Å². The van der Waals surface area contributed by atoms with E-state index in [1.165, 1.54) is 0 Å². The first-order valence-electron chi connectivity index (χ1n) is 6.31. The number of rotatable bonds is 6. The third-order valence-electron chi connectivity index (χ3n) is 2.83. The number of nitrogens with zero attached hydrogens (tertiary/aromatic N) is 3. The fourth-order valence-electron chi connectivity index (χ4n) is 1.81. The van der Waals surface area contributed by atoms with Gasteiger partial charge >= 0.3 is 142 Å². The van der Waals surface area contributed by atoms with Crippen LogP contribution in [-0.2, 0) is 6.54 Å². The predicted octanol–water partition coefficient (Wildman–Crippen LogP) is 1.64. The van der Waals surface area contributed by atoms with Gasteiger partial charge in [0.15, 0.2) is 0 Å². The number of aromatic nitrogens is 1. The Morgan fingerprint density at radius 2 is 2.23 bits per heavy atom. The van der Waals surface area contributed by atoms with Gasteiger partial charge < -0.3 is 0 Å². The number of urea groups is 1. The summed E-state index contributed by atoms with van der Waals surface area (Å²) in [4.78, 5) is 34.3. The number of alkyl halides is 1. The monoisotopic (exact) mass is 410 g/mol. The molecule has 1 heterocycles. The molecule has 0 saturated carbocycles. The van der Waals surface area contributed by atoms with E-state index in [9.17, 15) is 14.5 Å². The summed E-state index contributed by atoms with van der Waals surface area (Å²) in [5.74, 6) is 0.114. The average Bonchev–Trinajstić information content (AvgIpc) is 2.80. The number of halogens is 2. The van der Waals surface area contributed by atoms with Gasteiger partial charge in [0.05, 0.1) is 0 Å². The molecule has 2 rings (SSSR count). The third kappa shape index (κ3) is 3.89. The standard InChI is InChI=1S/C12H12Cl2N4O3Se/c13-3-5-17(16-21)12(20)15-4-6-18-11(19)9-2-1-8(14)7-10(9)22-18/h1-2,7H,3-6H2,(H,15,20). The molecule has 0 fully saturated rings. The first-order chi connectivity index (χ1) is 10.6. The van der Waals surface area contributed by atoms with Gasteiger partial charge in [0.25, 0.3) is 0 Å². The van der Waals surface area contributed by atoms with E-state index in [0.29, 0.717) is 22.0 Å². The van der Waals surface area contributed by atoms with Crippen molar-refractivity contribution in [2.45, 2.75) is 6.54 Å². The van der Waals surface area contributed by atoms with Gasteiger partial charge in [0.1, 0.15) is 0 Å². The van der Waals surface area contributed by atoms with Gasteiger partial charge in [0, 0.05) is 0 Å². The molecule has 10 heteroatoms. The Kier molecular flexibility index (Phi) is 6.02. The topological polar surface area (TPSA) is 83.8 Å². The zero-order valence-electron chi connectivity index (χ0n) is 11.3. The molecular formula is C12H12Cl2N4O3Se. The zero-order chi connectivity index (χ0) is 16.1. The number of fused-ring (bicyclic) bond motifs is 1. The molecule has 1 aromatic heterocycles. The number of benzene rings is 1. The van der Waals surface area contributed by atoms with Gasteiger partial charge in [-0.25, -0.2) is 0 Å². The second-order valence-corrected chi connectivity index (χ2v) is 7.31. The molecule has 0 radical (unpaired) electrons. The van der Waals surface area contributed by atoms with Crippen molar-refractivity contribution >= 4 is 53.6 Å². The Morgan fingerprint density at radius 1 is 1.45 bits per heavy atom. The van der Waals surface area contributed by atoms with Gasteiger partial charge in [-0.3, -0.25) is 0 Å². The minimum atomic E-state index is -0.629. The van der Waals surface area contributed by atoms with Crippen molar-refractivity contribution in [3.8, 4) is 0 Å². The summed E-state index contributed by atoms with van der Waals surface area (Å²) in [7, 11) is 0. The fraction of sp³-hybridized carbons (Fsp3) is 0.333. The van der Waals surface area contributed by atoms with Gasteiger partial charge in [0.2, 0.25) is 0 Å². The molecule has 22 heavy (non-hydrogen) atoms. The Labute approximate surface area is 141 Å². The van der Waals surface area contributed by atoms with Crippen LogP contribution in [0.5, 0.6) is 0 Å². The zero-order valence-corrected chi connectivity index (χ0v) is 14.5. The molecule has 0 bridgehead atoms. The number of hydrogen-bond donors (Lipinski definition) is 1. The van der Waals surface area contributed by atoms with Crippen LogP contribution in [0.1, 0.15) is 0 Å². The second kappa shape index (κ2) is 7.78. The van der Waals surface area contributed by atoms with Crippen LogP contribution in [0.15, 0.2) is 28.3 Å². The van der Waals surface area contributed by atoms with Crippen molar-refractivity contribution in [3.63, 3.8) is 0 Å². The summed E-state index contributed by atoms with van der Waals surface area (Å²) >= 11 is 11.2. The summed E-state index contributed by atoms with van der Waals surface area (Å²) in [6.07, 6.45) is 0. The molecular weight excluding hydrogens is 398 g/mol. The number of hydrogen-bond acceptors (Lipinski definition) is 4. The van der Waals surface area contributed by atoms with Crippen LogP contribution in [0.2, 0.25) is 5.02 Å². The van der Waals surface area contributed by atoms with Crippen LogP contribution in [0.25, 0.3) is 9.65 Å². The Bertz CT molecular complexity index is 746. The molecule has 2 amide bonds. The van der Waals surface area contributed by atoms with Crippen LogP contribution in [-0.4, -0.2) is 48.3 Å². The van der Waals surface area contributed by atoms with E-state index in [0.717, 1.165) is 4.26 Å². The maximum atomic E-state index is 12.2. The van der Waals surface area contributed by atoms with E-state index in [2.05, 4.69) is 10.6 Å². The van der Waals surface area contributed by atoms with Gasteiger partial charge in [-0.1, -0.05) is 0 Å². The molecule has 1 aromatic carbocycles. The summed E-state index contributed by atoms with van der Waals surface area (Å²) < 4.78 is 2.59. The molecule has 0 spiro atoms. The van der Waals surface area contributed by atoms with Crippen molar-refractivity contribution < 1.29 is 4.79 Å². The Morgan fingerprint density at radius 3 is 2.91 bits per heavy atom. The number of amides is 2. The normalized spacial score (nSPS) is 10.6.